The second-order valence-corrected chi connectivity index (χ2v) is 9.84. The van der Waals surface area contributed by atoms with Gasteiger partial charge in [-0.05, 0) is 49.8 Å². The molecule has 1 aromatic rings. The third-order valence-corrected chi connectivity index (χ3v) is 7.60. The Bertz CT molecular complexity index is 858. The van der Waals surface area contributed by atoms with Gasteiger partial charge in [-0.3, -0.25) is 14.5 Å². The molecule has 2 saturated heterocycles. The number of benzene rings is 1. The lowest BCUT2D eigenvalue weighted by atomic mass is 9.73. The Morgan fingerprint density at radius 1 is 1.12 bits per heavy atom. The number of imide groups is 1. The molecule has 0 aromatic heterocycles. The van der Waals surface area contributed by atoms with Gasteiger partial charge in [0.05, 0.1) is 7.11 Å². The van der Waals surface area contributed by atoms with Crippen LogP contribution in [-0.4, -0.2) is 61.7 Å². The Balaban J connectivity index is 1.37. The summed E-state index contributed by atoms with van der Waals surface area (Å²) in [5, 5.41) is 5.93. The van der Waals surface area contributed by atoms with E-state index in [1.807, 2.05) is 24.3 Å². The monoisotopic (exact) mass is 471 g/mol. The summed E-state index contributed by atoms with van der Waals surface area (Å²) in [6, 6.07) is 7.05. The molecule has 0 spiro atoms. The van der Waals surface area contributed by atoms with E-state index in [2.05, 4.69) is 10.6 Å². The van der Waals surface area contributed by atoms with Crippen molar-refractivity contribution in [3.8, 4) is 5.75 Å². The van der Waals surface area contributed by atoms with Gasteiger partial charge in [0, 0.05) is 37.6 Å². The van der Waals surface area contributed by atoms with Crippen LogP contribution in [0.4, 0.5) is 4.79 Å². The van der Waals surface area contributed by atoms with Crippen LogP contribution in [0, 0.1) is 0 Å². The number of carbonyl (C=O) groups excluding carboxylic acids is 3. The van der Waals surface area contributed by atoms with Gasteiger partial charge in [0.2, 0.25) is 5.91 Å². The highest BCUT2D eigenvalue weighted by Gasteiger charge is 2.44. The lowest BCUT2D eigenvalue weighted by Gasteiger charge is -2.39. The maximum Gasteiger partial charge on any atom is 0.324 e. The highest BCUT2D eigenvalue weighted by Crippen LogP contribution is 2.37. The number of hydrogen-bond acceptors (Lipinski definition) is 5. The zero-order valence-electron chi connectivity index (χ0n) is 20.1. The largest absolute Gasteiger partial charge is 0.497 e. The molecule has 4 amide bonds. The van der Waals surface area contributed by atoms with Crippen LogP contribution < -0.4 is 15.4 Å². The van der Waals surface area contributed by atoms with Crippen molar-refractivity contribution in [2.45, 2.75) is 81.7 Å². The fourth-order valence-corrected chi connectivity index (χ4v) is 5.47. The van der Waals surface area contributed by atoms with Crippen LogP contribution in [0.25, 0.3) is 0 Å². The van der Waals surface area contributed by atoms with Gasteiger partial charge < -0.3 is 20.1 Å². The molecule has 3 aliphatic rings. The number of amides is 4. The number of hydrogen-bond donors (Lipinski definition) is 2. The number of carbonyl (C=O) groups is 3. The van der Waals surface area contributed by atoms with Crippen molar-refractivity contribution in [1.82, 2.24) is 15.5 Å². The minimum absolute atomic E-state index is 0.0356. The van der Waals surface area contributed by atoms with Crippen molar-refractivity contribution >= 4 is 17.8 Å². The smallest absolute Gasteiger partial charge is 0.324 e. The van der Waals surface area contributed by atoms with Gasteiger partial charge >= 0.3 is 6.03 Å². The lowest BCUT2D eigenvalue weighted by molar-refractivity contribution is -0.129. The van der Waals surface area contributed by atoms with E-state index in [9.17, 15) is 14.4 Å². The first kappa shape index (κ1) is 24.5. The van der Waals surface area contributed by atoms with Crippen molar-refractivity contribution in [2.75, 3.05) is 26.9 Å². The van der Waals surface area contributed by atoms with Crippen LogP contribution in [0.15, 0.2) is 24.3 Å². The fourth-order valence-electron chi connectivity index (χ4n) is 5.47. The topological polar surface area (TPSA) is 97.0 Å². The standard InChI is InChI=1S/C26H37N3O5/c1-33-21-10-8-19(9-11-21)26(14-16-34-17-15-26)18-29-24(31)22(28-25(29)32)12-13-23(30)27-20-6-4-2-3-5-7-20/h8-11,20,22H,2-7,12-18H2,1H3,(H,27,30)(H,28,32)/t22-/m1/s1. The number of urea groups is 1. The number of ether oxygens (including phenoxy) is 2. The highest BCUT2D eigenvalue weighted by molar-refractivity contribution is 6.04. The quantitative estimate of drug-likeness (QED) is 0.448. The second-order valence-electron chi connectivity index (χ2n) is 9.84. The first-order chi connectivity index (χ1) is 16.5. The highest BCUT2D eigenvalue weighted by atomic mass is 16.5. The van der Waals surface area contributed by atoms with Crippen LogP contribution in [0.5, 0.6) is 5.75 Å². The molecule has 0 bridgehead atoms. The van der Waals surface area contributed by atoms with Gasteiger partial charge in [0.25, 0.3) is 5.91 Å². The van der Waals surface area contributed by atoms with E-state index in [1.165, 1.54) is 17.7 Å². The molecule has 2 aliphatic heterocycles. The zero-order chi connectivity index (χ0) is 24.0. The molecule has 1 atom stereocenters. The third-order valence-electron chi connectivity index (χ3n) is 7.60. The summed E-state index contributed by atoms with van der Waals surface area (Å²) in [6.07, 6.45) is 8.82. The molecular formula is C26H37N3O5. The summed E-state index contributed by atoms with van der Waals surface area (Å²) >= 11 is 0. The molecule has 34 heavy (non-hydrogen) atoms. The van der Waals surface area contributed by atoms with Crippen molar-refractivity contribution in [1.29, 1.82) is 0 Å². The molecule has 0 unspecified atom stereocenters. The van der Waals surface area contributed by atoms with Gasteiger partial charge in [-0.2, -0.15) is 0 Å². The zero-order valence-corrected chi connectivity index (χ0v) is 20.1. The normalized spacial score (nSPS) is 23.3. The minimum Gasteiger partial charge on any atom is -0.497 e. The lowest BCUT2D eigenvalue weighted by Crippen LogP contribution is -2.47. The summed E-state index contributed by atoms with van der Waals surface area (Å²) in [5.74, 6) is 0.487. The molecule has 4 rings (SSSR count). The van der Waals surface area contributed by atoms with E-state index in [-0.39, 0.29) is 35.7 Å². The molecule has 8 nitrogen and oxygen atoms in total. The maximum absolute atomic E-state index is 13.2. The molecule has 0 radical (unpaired) electrons. The van der Waals surface area contributed by atoms with Crippen molar-refractivity contribution in [3.05, 3.63) is 29.8 Å². The molecule has 2 heterocycles. The Hall–Kier alpha value is -2.61. The molecule has 1 aliphatic carbocycles. The van der Waals surface area contributed by atoms with Crippen LogP contribution in [0.2, 0.25) is 0 Å². The average molecular weight is 472 g/mol. The van der Waals surface area contributed by atoms with Gasteiger partial charge in [-0.25, -0.2) is 4.79 Å². The number of methoxy groups -OCH3 is 1. The first-order valence-electron chi connectivity index (χ1n) is 12.6. The predicted molar refractivity (Wildman–Crippen MR) is 128 cm³/mol. The molecular weight excluding hydrogens is 434 g/mol. The van der Waals surface area contributed by atoms with Crippen LogP contribution in [-0.2, 0) is 19.7 Å². The van der Waals surface area contributed by atoms with Crippen LogP contribution in [0.1, 0.15) is 69.8 Å². The van der Waals surface area contributed by atoms with Gasteiger partial charge in [-0.1, -0.05) is 37.8 Å². The van der Waals surface area contributed by atoms with E-state index < -0.39 is 6.04 Å². The fraction of sp³-hybridized carbons (Fsp3) is 0.654. The second kappa shape index (κ2) is 11.2. The summed E-state index contributed by atoms with van der Waals surface area (Å²) in [6.45, 7) is 1.47. The van der Waals surface area contributed by atoms with Gasteiger partial charge in [0.15, 0.2) is 0 Å². The van der Waals surface area contributed by atoms with E-state index in [0.29, 0.717) is 26.2 Å². The average Bonchev–Trinajstić information content (AvgIpc) is 3.02. The molecule has 1 saturated carbocycles. The SMILES string of the molecule is COc1ccc(C2(CN3C(=O)N[C@H](CCC(=O)NC4CCCCCC4)C3=O)CCOCC2)cc1. The van der Waals surface area contributed by atoms with E-state index in [1.54, 1.807) is 7.11 Å². The summed E-state index contributed by atoms with van der Waals surface area (Å²) in [4.78, 5) is 39.8. The minimum atomic E-state index is -0.653. The van der Waals surface area contributed by atoms with Crippen molar-refractivity contribution in [3.63, 3.8) is 0 Å². The van der Waals surface area contributed by atoms with Crippen molar-refractivity contribution in [2.24, 2.45) is 0 Å². The van der Waals surface area contributed by atoms with E-state index >= 15 is 0 Å². The van der Waals surface area contributed by atoms with Crippen molar-refractivity contribution < 1.29 is 23.9 Å². The number of nitrogens with zero attached hydrogens (tertiary/aromatic N) is 1. The third kappa shape index (κ3) is 5.71. The van der Waals surface area contributed by atoms with Crippen LogP contribution >= 0.6 is 0 Å². The molecule has 3 fully saturated rings. The van der Waals surface area contributed by atoms with E-state index in [4.69, 9.17) is 9.47 Å². The molecule has 2 N–H and O–H groups in total. The summed E-state index contributed by atoms with van der Waals surface area (Å²) in [5.41, 5.74) is 0.715. The van der Waals surface area contributed by atoms with Crippen LogP contribution in [0.3, 0.4) is 0 Å². The van der Waals surface area contributed by atoms with Gasteiger partial charge in [0.1, 0.15) is 11.8 Å². The Labute approximate surface area is 201 Å². The molecule has 8 heteroatoms. The summed E-state index contributed by atoms with van der Waals surface area (Å²) in [7, 11) is 1.63. The maximum atomic E-state index is 13.2. The first-order valence-corrected chi connectivity index (χ1v) is 12.6. The Kier molecular flexibility index (Phi) is 8.08. The van der Waals surface area contributed by atoms with Gasteiger partial charge in [-0.15, -0.1) is 0 Å². The summed E-state index contributed by atoms with van der Waals surface area (Å²) < 4.78 is 10.9. The Morgan fingerprint density at radius 2 is 1.79 bits per heavy atom. The predicted octanol–water partition coefficient (Wildman–Crippen LogP) is 3.28. The Morgan fingerprint density at radius 3 is 2.44 bits per heavy atom. The van der Waals surface area contributed by atoms with E-state index in [0.717, 1.165) is 49.8 Å². The molecule has 1 aromatic carbocycles. The number of rotatable bonds is 8. The molecule has 186 valence electrons. The number of nitrogens with one attached hydrogen (secondary N) is 2.